The molecule has 0 fully saturated rings. The quantitative estimate of drug-likeness (QED) is 0.748. The molecule has 0 spiro atoms. The van der Waals surface area contributed by atoms with Crippen LogP contribution in [0.5, 0.6) is 0 Å². The van der Waals surface area contributed by atoms with Crippen molar-refractivity contribution in [3.63, 3.8) is 0 Å². The Hall–Kier alpha value is -1.35. The summed E-state index contributed by atoms with van der Waals surface area (Å²) in [6, 6.07) is 6.58. The van der Waals surface area contributed by atoms with Crippen molar-refractivity contribution in [2.24, 2.45) is 0 Å². The number of hydrogen-bond acceptors (Lipinski definition) is 1. The predicted octanol–water partition coefficient (Wildman–Crippen LogP) is 4.17. The van der Waals surface area contributed by atoms with Crippen LogP contribution in [0.15, 0.2) is 24.4 Å². The Morgan fingerprint density at radius 3 is 2.56 bits per heavy atom. The van der Waals surface area contributed by atoms with E-state index < -0.39 is 0 Å². The van der Waals surface area contributed by atoms with E-state index in [1.807, 2.05) is 6.20 Å². The Labute approximate surface area is 101 Å². The summed E-state index contributed by atoms with van der Waals surface area (Å²) in [6.07, 6.45) is 1.93. The van der Waals surface area contributed by atoms with Crippen molar-refractivity contribution < 1.29 is 0 Å². The molecule has 1 aromatic heterocycles. The maximum atomic E-state index is 5.05. The lowest BCUT2D eigenvalue weighted by atomic mass is 9.97. The van der Waals surface area contributed by atoms with Crippen LogP contribution in [0.25, 0.3) is 11.3 Å². The fraction of sp³-hybridized carbons (Fsp3) is 0.308. The van der Waals surface area contributed by atoms with E-state index in [9.17, 15) is 0 Å². The van der Waals surface area contributed by atoms with Crippen LogP contribution in [0.1, 0.15) is 30.9 Å². The molecule has 0 radical (unpaired) electrons. The molecule has 2 N–H and O–H groups in total. The van der Waals surface area contributed by atoms with Gasteiger partial charge in [-0.25, -0.2) is 0 Å². The SMILES string of the molecule is Cc1ccc(C(C)C)cc1-c1c[nH]c(=S)[nH]1. The largest absolute Gasteiger partial charge is 0.337 e. The summed E-state index contributed by atoms with van der Waals surface area (Å²) in [4.78, 5) is 6.16. The third-order valence-electron chi connectivity index (χ3n) is 2.81. The molecule has 2 rings (SSSR count). The first-order chi connectivity index (χ1) is 7.58. The van der Waals surface area contributed by atoms with E-state index in [0.29, 0.717) is 10.7 Å². The van der Waals surface area contributed by atoms with E-state index in [2.05, 4.69) is 48.9 Å². The number of hydrogen-bond donors (Lipinski definition) is 2. The molecule has 0 atom stereocenters. The molecule has 0 bridgehead atoms. The molecule has 3 heteroatoms. The van der Waals surface area contributed by atoms with E-state index in [-0.39, 0.29) is 0 Å². The van der Waals surface area contributed by atoms with Gasteiger partial charge >= 0.3 is 0 Å². The van der Waals surface area contributed by atoms with E-state index in [4.69, 9.17) is 12.2 Å². The van der Waals surface area contributed by atoms with Crippen molar-refractivity contribution in [1.82, 2.24) is 9.97 Å². The topological polar surface area (TPSA) is 31.6 Å². The van der Waals surface area contributed by atoms with Gasteiger partial charge in [0.15, 0.2) is 4.77 Å². The Morgan fingerprint density at radius 1 is 1.25 bits per heavy atom. The molecule has 2 nitrogen and oxygen atoms in total. The molecule has 84 valence electrons. The summed E-state index contributed by atoms with van der Waals surface area (Å²) >= 11 is 5.05. The van der Waals surface area contributed by atoms with Gasteiger partial charge in [0, 0.05) is 11.8 Å². The van der Waals surface area contributed by atoms with Crippen LogP contribution in [0.3, 0.4) is 0 Å². The molecule has 0 saturated carbocycles. The third kappa shape index (κ3) is 2.09. The number of H-pyrrole nitrogens is 2. The Morgan fingerprint density at radius 2 is 2.00 bits per heavy atom. The number of rotatable bonds is 2. The Kier molecular flexibility index (Phi) is 2.97. The minimum atomic E-state index is 0.543. The minimum absolute atomic E-state index is 0.543. The van der Waals surface area contributed by atoms with Gasteiger partial charge < -0.3 is 9.97 Å². The number of aromatic nitrogens is 2. The highest BCUT2D eigenvalue weighted by Gasteiger charge is 2.06. The molecule has 0 aliphatic heterocycles. The van der Waals surface area contributed by atoms with Crippen molar-refractivity contribution in [2.75, 3.05) is 0 Å². The molecule has 0 amide bonds. The second-order valence-electron chi connectivity index (χ2n) is 4.39. The first-order valence-electron chi connectivity index (χ1n) is 5.46. The van der Waals surface area contributed by atoms with Crippen LogP contribution >= 0.6 is 12.2 Å². The maximum Gasteiger partial charge on any atom is 0.174 e. The summed E-state index contributed by atoms with van der Waals surface area (Å²) in [5.74, 6) is 0.543. The molecule has 16 heavy (non-hydrogen) atoms. The van der Waals surface area contributed by atoms with Gasteiger partial charge in [0.25, 0.3) is 0 Å². The van der Waals surface area contributed by atoms with Crippen LogP contribution in [-0.2, 0) is 0 Å². The fourth-order valence-electron chi connectivity index (χ4n) is 1.77. The van der Waals surface area contributed by atoms with Gasteiger partial charge in [-0.1, -0.05) is 26.0 Å². The average Bonchev–Trinajstić information content (AvgIpc) is 2.65. The molecule has 0 unspecified atom stereocenters. The van der Waals surface area contributed by atoms with Crippen molar-refractivity contribution >= 4 is 12.2 Å². The molecule has 0 saturated heterocycles. The first-order valence-corrected chi connectivity index (χ1v) is 5.87. The van der Waals surface area contributed by atoms with Gasteiger partial charge in [0.2, 0.25) is 0 Å². The molecule has 0 aliphatic carbocycles. The maximum absolute atomic E-state index is 5.05. The zero-order valence-electron chi connectivity index (χ0n) is 9.79. The summed E-state index contributed by atoms with van der Waals surface area (Å²) in [5.41, 5.74) is 4.89. The van der Waals surface area contributed by atoms with Crippen molar-refractivity contribution in [2.45, 2.75) is 26.7 Å². The van der Waals surface area contributed by atoms with E-state index in [1.54, 1.807) is 0 Å². The van der Waals surface area contributed by atoms with Gasteiger partial charge in [-0.05, 0) is 42.3 Å². The number of benzene rings is 1. The van der Waals surface area contributed by atoms with Crippen molar-refractivity contribution in [1.29, 1.82) is 0 Å². The lowest BCUT2D eigenvalue weighted by molar-refractivity contribution is 0.866. The van der Waals surface area contributed by atoms with Gasteiger partial charge in [0.1, 0.15) is 0 Å². The Bertz CT molecular complexity index is 549. The molecule has 1 aromatic carbocycles. The zero-order valence-corrected chi connectivity index (χ0v) is 10.6. The van der Waals surface area contributed by atoms with Gasteiger partial charge in [-0.3, -0.25) is 0 Å². The summed E-state index contributed by atoms with van der Waals surface area (Å²) in [5, 5.41) is 0. The molecule has 1 heterocycles. The molecular formula is C13H16N2S. The highest BCUT2D eigenvalue weighted by molar-refractivity contribution is 7.71. The second-order valence-corrected chi connectivity index (χ2v) is 4.79. The molecule has 0 aliphatic rings. The zero-order chi connectivity index (χ0) is 11.7. The van der Waals surface area contributed by atoms with Gasteiger partial charge in [-0.15, -0.1) is 0 Å². The van der Waals surface area contributed by atoms with Crippen LogP contribution in [-0.4, -0.2) is 9.97 Å². The van der Waals surface area contributed by atoms with Crippen LogP contribution in [0, 0.1) is 11.7 Å². The summed E-state index contributed by atoms with van der Waals surface area (Å²) < 4.78 is 0.671. The summed E-state index contributed by atoms with van der Waals surface area (Å²) in [7, 11) is 0. The summed E-state index contributed by atoms with van der Waals surface area (Å²) in [6.45, 7) is 6.52. The molecule has 2 aromatic rings. The third-order valence-corrected chi connectivity index (χ3v) is 3.03. The number of imidazole rings is 1. The number of aryl methyl sites for hydroxylation is 1. The minimum Gasteiger partial charge on any atom is -0.337 e. The second kappa shape index (κ2) is 4.26. The first kappa shape index (κ1) is 11.1. The number of aromatic amines is 2. The average molecular weight is 232 g/mol. The monoisotopic (exact) mass is 232 g/mol. The van der Waals surface area contributed by atoms with Crippen molar-refractivity contribution in [3.8, 4) is 11.3 Å². The normalized spacial score (nSPS) is 11.0. The van der Waals surface area contributed by atoms with Gasteiger partial charge in [0.05, 0.1) is 5.69 Å². The number of nitrogens with one attached hydrogen (secondary N) is 2. The highest BCUT2D eigenvalue weighted by Crippen LogP contribution is 2.25. The standard InChI is InChI=1S/C13H16N2S/c1-8(2)10-5-4-9(3)11(6-10)12-7-14-13(16)15-12/h4-8H,1-3H3,(H2,14,15,16). The lowest BCUT2D eigenvalue weighted by Gasteiger charge is -2.09. The van der Waals surface area contributed by atoms with Crippen LogP contribution in [0.2, 0.25) is 0 Å². The smallest absolute Gasteiger partial charge is 0.174 e. The lowest BCUT2D eigenvalue weighted by Crippen LogP contribution is -1.90. The van der Waals surface area contributed by atoms with Crippen molar-refractivity contribution in [3.05, 3.63) is 40.3 Å². The predicted molar refractivity (Wildman–Crippen MR) is 70.2 cm³/mol. The van der Waals surface area contributed by atoms with Crippen LogP contribution < -0.4 is 0 Å². The van der Waals surface area contributed by atoms with Gasteiger partial charge in [-0.2, -0.15) is 0 Å². The van der Waals surface area contributed by atoms with E-state index in [1.165, 1.54) is 16.7 Å². The molecular weight excluding hydrogens is 216 g/mol. The van der Waals surface area contributed by atoms with E-state index in [0.717, 1.165) is 5.69 Å². The highest BCUT2D eigenvalue weighted by atomic mass is 32.1. The fourth-order valence-corrected chi connectivity index (χ4v) is 1.94. The Balaban J connectivity index is 2.55. The van der Waals surface area contributed by atoms with Crippen LogP contribution in [0.4, 0.5) is 0 Å². The van der Waals surface area contributed by atoms with E-state index >= 15 is 0 Å².